The summed E-state index contributed by atoms with van der Waals surface area (Å²) in [6.45, 7) is 12.1. The molecule has 1 aromatic carbocycles. The number of fused-ring (bicyclic) bond motifs is 1. The van der Waals surface area contributed by atoms with Gasteiger partial charge in [-0.15, -0.1) is 0 Å². The summed E-state index contributed by atoms with van der Waals surface area (Å²) in [5.41, 5.74) is 5.79. The summed E-state index contributed by atoms with van der Waals surface area (Å²) in [6, 6.07) is 4.48. The molecule has 1 aromatic rings. The van der Waals surface area contributed by atoms with Crippen LogP contribution in [-0.2, 0) is 16.8 Å². The zero-order chi connectivity index (χ0) is 12.6. The van der Waals surface area contributed by atoms with E-state index in [1.54, 1.807) is 0 Å². The van der Waals surface area contributed by atoms with Crippen LogP contribution in [0.3, 0.4) is 0 Å². The molecule has 0 spiro atoms. The van der Waals surface area contributed by atoms with E-state index in [2.05, 4.69) is 52.8 Å². The van der Waals surface area contributed by atoms with Crippen molar-refractivity contribution in [1.29, 1.82) is 0 Å². The van der Waals surface area contributed by atoms with Crippen LogP contribution in [0.5, 0.6) is 0 Å². The summed E-state index contributed by atoms with van der Waals surface area (Å²) in [7, 11) is 0. The van der Waals surface area contributed by atoms with E-state index in [4.69, 9.17) is 4.74 Å². The van der Waals surface area contributed by atoms with E-state index in [0.29, 0.717) is 12.5 Å². The summed E-state index contributed by atoms with van der Waals surface area (Å²) >= 11 is 0. The minimum Gasteiger partial charge on any atom is -0.496 e. The van der Waals surface area contributed by atoms with Crippen molar-refractivity contribution in [3.63, 3.8) is 0 Å². The molecule has 0 aliphatic carbocycles. The Kier molecular flexibility index (Phi) is 3.03. The molecule has 0 saturated carbocycles. The molecule has 0 unspecified atom stereocenters. The lowest BCUT2D eigenvalue weighted by Crippen LogP contribution is -2.19. The van der Waals surface area contributed by atoms with Crippen molar-refractivity contribution >= 4 is 6.08 Å². The molecule has 17 heavy (non-hydrogen) atoms. The molecule has 0 aromatic heterocycles. The topological polar surface area (TPSA) is 9.23 Å². The third kappa shape index (κ3) is 2.24. The smallest absolute Gasteiger partial charge is 0.113 e. The van der Waals surface area contributed by atoms with Gasteiger partial charge in [-0.05, 0) is 39.7 Å². The predicted octanol–water partition coefficient (Wildman–Crippen LogP) is 4.61. The molecule has 1 aliphatic rings. The molecule has 0 radical (unpaired) electrons. The summed E-state index contributed by atoms with van der Waals surface area (Å²) < 4.78 is 5.38. The Balaban J connectivity index is 2.70. The number of rotatable bonds is 1. The molecule has 92 valence electrons. The summed E-state index contributed by atoms with van der Waals surface area (Å²) in [5.74, 6) is 0.561. The highest BCUT2D eigenvalue weighted by Crippen LogP contribution is 2.37. The molecule has 0 fully saturated rings. The van der Waals surface area contributed by atoms with E-state index in [1.807, 2.05) is 6.26 Å². The van der Waals surface area contributed by atoms with Crippen molar-refractivity contribution in [3.05, 3.63) is 40.6 Å². The summed E-state index contributed by atoms with van der Waals surface area (Å²) in [5, 5.41) is 0. The van der Waals surface area contributed by atoms with E-state index in [9.17, 15) is 0 Å². The lowest BCUT2D eigenvalue weighted by molar-refractivity contribution is 0.234. The van der Waals surface area contributed by atoms with Crippen LogP contribution in [0.15, 0.2) is 18.4 Å². The Labute approximate surface area is 104 Å². The lowest BCUT2D eigenvalue weighted by Gasteiger charge is -2.29. The van der Waals surface area contributed by atoms with Gasteiger partial charge in [0.1, 0.15) is 6.61 Å². The first-order valence-electron chi connectivity index (χ1n) is 6.35. The van der Waals surface area contributed by atoms with E-state index in [-0.39, 0.29) is 5.41 Å². The van der Waals surface area contributed by atoms with Gasteiger partial charge in [0.25, 0.3) is 0 Å². The Bertz CT molecular complexity index is 447. The van der Waals surface area contributed by atoms with Crippen LogP contribution in [0.4, 0.5) is 0 Å². The molecule has 1 aliphatic heterocycles. The van der Waals surface area contributed by atoms with E-state index in [0.717, 1.165) is 0 Å². The molecule has 1 nitrogen and oxygen atoms in total. The van der Waals surface area contributed by atoms with Gasteiger partial charge in [0.2, 0.25) is 0 Å². The number of ether oxygens (including phenoxy) is 1. The summed E-state index contributed by atoms with van der Waals surface area (Å²) in [4.78, 5) is 0. The van der Waals surface area contributed by atoms with Crippen molar-refractivity contribution in [2.75, 3.05) is 0 Å². The van der Waals surface area contributed by atoms with Crippen LogP contribution >= 0.6 is 0 Å². The maximum absolute atomic E-state index is 5.38. The van der Waals surface area contributed by atoms with Crippen molar-refractivity contribution in [2.24, 2.45) is 0 Å². The fourth-order valence-corrected chi connectivity index (χ4v) is 2.57. The lowest BCUT2D eigenvalue weighted by atomic mass is 9.76. The standard InChI is InChI=1S/C16H22O/c1-11(2)13-7-6-12-10-17-9-8-14(12)15(13)16(3,4)5/h6-9,11H,10H2,1-5H3. The van der Waals surface area contributed by atoms with Crippen LogP contribution < -0.4 is 0 Å². The van der Waals surface area contributed by atoms with Crippen molar-refractivity contribution in [2.45, 2.75) is 52.6 Å². The van der Waals surface area contributed by atoms with Crippen LogP contribution in [0, 0.1) is 0 Å². The van der Waals surface area contributed by atoms with Gasteiger partial charge < -0.3 is 4.74 Å². The van der Waals surface area contributed by atoms with Gasteiger partial charge in [-0.2, -0.15) is 0 Å². The molecule has 1 heteroatoms. The normalized spacial score (nSPS) is 14.7. The first-order valence-corrected chi connectivity index (χ1v) is 6.35. The zero-order valence-corrected chi connectivity index (χ0v) is 11.5. The monoisotopic (exact) mass is 230 g/mol. The van der Waals surface area contributed by atoms with Crippen molar-refractivity contribution in [1.82, 2.24) is 0 Å². The number of hydrogen-bond donors (Lipinski definition) is 0. The second kappa shape index (κ2) is 4.21. The first-order chi connectivity index (χ1) is 7.91. The van der Waals surface area contributed by atoms with Crippen molar-refractivity contribution in [3.8, 4) is 0 Å². The van der Waals surface area contributed by atoms with Crippen molar-refractivity contribution < 1.29 is 4.74 Å². The first kappa shape index (κ1) is 12.2. The quantitative estimate of drug-likeness (QED) is 0.684. The third-order valence-corrected chi connectivity index (χ3v) is 3.31. The molecular formula is C16H22O. The fraction of sp³-hybridized carbons (Fsp3) is 0.500. The Morgan fingerprint density at radius 2 is 1.88 bits per heavy atom. The second-order valence-electron chi connectivity index (χ2n) is 6.12. The second-order valence-corrected chi connectivity index (χ2v) is 6.12. The van der Waals surface area contributed by atoms with E-state index < -0.39 is 0 Å². The van der Waals surface area contributed by atoms with Gasteiger partial charge in [-0.3, -0.25) is 0 Å². The predicted molar refractivity (Wildman–Crippen MR) is 73.1 cm³/mol. The van der Waals surface area contributed by atoms with E-state index in [1.165, 1.54) is 22.3 Å². The van der Waals surface area contributed by atoms with Crippen LogP contribution in [-0.4, -0.2) is 0 Å². The maximum Gasteiger partial charge on any atom is 0.113 e. The van der Waals surface area contributed by atoms with Gasteiger partial charge in [0.15, 0.2) is 0 Å². The Morgan fingerprint density at radius 1 is 1.18 bits per heavy atom. The molecule has 0 amide bonds. The third-order valence-electron chi connectivity index (χ3n) is 3.31. The average Bonchev–Trinajstić information content (AvgIpc) is 2.26. The van der Waals surface area contributed by atoms with Gasteiger partial charge >= 0.3 is 0 Å². The highest BCUT2D eigenvalue weighted by atomic mass is 16.5. The minimum atomic E-state index is 0.173. The Morgan fingerprint density at radius 3 is 2.47 bits per heavy atom. The Hall–Kier alpha value is -1.24. The molecule has 0 N–H and O–H groups in total. The molecule has 0 saturated heterocycles. The van der Waals surface area contributed by atoms with Gasteiger partial charge in [0, 0.05) is 0 Å². The molecular weight excluding hydrogens is 208 g/mol. The van der Waals surface area contributed by atoms with E-state index >= 15 is 0 Å². The highest BCUT2D eigenvalue weighted by molar-refractivity contribution is 5.63. The van der Waals surface area contributed by atoms with Gasteiger partial charge in [0.05, 0.1) is 6.26 Å². The number of hydrogen-bond acceptors (Lipinski definition) is 1. The molecule has 0 bridgehead atoms. The molecule has 2 rings (SSSR count). The minimum absolute atomic E-state index is 0.173. The van der Waals surface area contributed by atoms with Gasteiger partial charge in [-0.1, -0.05) is 46.8 Å². The summed E-state index contributed by atoms with van der Waals surface area (Å²) in [6.07, 6.45) is 3.94. The maximum atomic E-state index is 5.38. The SMILES string of the molecule is CC(C)c1ccc2c(c1C(C)(C)C)C=COC2. The largest absolute Gasteiger partial charge is 0.496 e. The van der Waals surface area contributed by atoms with Gasteiger partial charge in [-0.25, -0.2) is 0 Å². The zero-order valence-electron chi connectivity index (χ0n) is 11.5. The average molecular weight is 230 g/mol. The number of benzene rings is 1. The van der Waals surface area contributed by atoms with Crippen LogP contribution in [0.25, 0.3) is 6.08 Å². The van der Waals surface area contributed by atoms with Crippen LogP contribution in [0.2, 0.25) is 0 Å². The van der Waals surface area contributed by atoms with Crippen LogP contribution in [0.1, 0.15) is 62.8 Å². The molecule has 1 heterocycles. The fourth-order valence-electron chi connectivity index (χ4n) is 2.57. The highest BCUT2D eigenvalue weighted by Gasteiger charge is 2.25. The molecule has 0 atom stereocenters.